The first kappa shape index (κ1) is 14.5. The van der Waals surface area contributed by atoms with Gasteiger partial charge in [-0.15, -0.1) is 0 Å². The van der Waals surface area contributed by atoms with Gasteiger partial charge in [-0.1, -0.05) is 0 Å². The first-order valence-corrected chi connectivity index (χ1v) is 6.70. The van der Waals surface area contributed by atoms with Crippen LogP contribution < -0.4 is 10.2 Å². The van der Waals surface area contributed by atoms with Crippen LogP contribution in [0.25, 0.3) is 0 Å². The van der Waals surface area contributed by atoms with Crippen LogP contribution in [-0.4, -0.2) is 67.2 Å². The van der Waals surface area contributed by atoms with Gasteiger partial charge in [-0.25, -0.2) is 9.97 Å². The Balaban J connectivity index is 2.03. The third kappa shape index (κ3) is 3.57. The highest BCUT2D eigenvalue weighted by atomic mass is 16.5. The van der Waals surface area contributed by atoms with Crippen molar-refractivity contribution < 1.29 is 9.53 Å². The number of likely N-dealkylation sites (N-methyl/N-ethyl adjacent to an activating group) is 1. The normalized spacial score (nSPS) is 16.6. The molecule has 1 fully saturated rings. The minimum absolute atomic E-state index is 0.0107. The van der Waals surface area contributed by atoms with Crippen molar-refractivity contribution in [3.8, 4) is 0 Å². The Bertz CT molecular complexity index is 460. The van der Waals surface area contributed by atoms with Gasteiger partial charge in [-0.05, 0) is 6.92 Å². The summed E-state index contributed by atoms with van der Waals surface area (Å²) in [6, 6.07) is 1.54. The van der Waals surface area contributed by atoms with E-state index in [1.807, 2.05) is 13.0 Å². The maximum Gasteiger partial charge on any atom is 0.244 e. The average Bonchev–Trinajstić information content (AvgIpc) is 2.47. The second-order valence-corrected chi connectivity index (χ2v) is 4.96. The molecule has 20 heavy (non-hydrogen) atoms. The van der Waals surface area contributed by atoms with E-state index in [9.17, 15) is 4.79 Å². The lowest BCUT2D eigenvalue weighted by molar-refractivity contribution is -0.129. The van der Waals surface area contributed by atoms with Crippen LogP contribution in [0.2, 0.25) is 0 Å². The van der Waals surface area contributed by atoms with Gasteiger partial charge >= 0.3 is 0 Å². The number of carbonyl (C=O) groups is 1. The molecule has 0 saturated carbocycles. The third-order valence-electron chi connectivity index (χ3n) is 3.16. The molecule has 1 aliphatic heterocycles. The van der Waals surface area contributed by atoms with Crippen LogP contribution in [0.4, 0.5) is 11.6 Å². The second-order valence-electron chi connectivity index (χ2n) is 4.96. The lowest BCUT2D eigenvalue weighted by Crippen LogP contribution is -2.38. The molecule has 7 heteroatoms. The molecule has 1 aliphatic rings. The highest BCUT2D eigenvalue weighted by Crippen LogP contribution is 2.16. The molecule has 110 valence electrons. The standard InChI is InChI=1S/C13H21N5O2/c1-10(13(19)17(2)3)16-11-8-12(15-9-14-11)18-4-6-20-7-5-18/h8-10H,4-7H2,1-3H3,(H,14,15,16)/t10-/m0/s1. The van der Waals surface area contributed by atoms with Crippen molar-refractivity contribution in [3.05, 3.63) is 12.4 Å². The van der Waals surface area contributed by atoms with Crippen LogP contribution in [0.5, 0.6) is 0 Å². The van der Waals surface area contributed by atoms with Gasteiger partial charge in [0.05, 0.1) is 13.2 Å². The predicted octanol–water partition coefficient (Wildman–Crippen LogP) is 0.202. The van der Waals surface area contributed by atoms with Gasteiger partial charge in [0.15, 0.2) is 0 Å². The topological polar surface area (TPSA) is 70.6 Å². The SMILES string of the molecule is C[C@H](Nc1cc(N2CCOCC2)ncn1)C(=O)N(C)C. The van der Waals surface area contributed by atoms with E-state index in [0.717, 1.165) is 18.9 Å². The molecule has 0 radical (unpaired) electrons. The zero-order chi connectivity index (χ0) is 14.5. The Kier molecular flexibility index (Phi) is 4.73. The van der Waals surface area contributed by atoms with Gasteiger partial charge in [0.2, 0.25) is 5.91 Å². The molecule has 1 N–H and O–H groups in total. The molecule has 1 saturated heterocycles. The zero-order valence-corrected chi connectivity index (χ0v) is 12.2. The predicted molar refractivity (Wildman–Crippen MR) is 76.8 cm³/mol. The molecular weight excluding hydrogens is 258 g/mol. The molecule has 0 aliphatic carbocycles. The molecule has 0 aromatic carbocycles. The number of morpholine rings is 1. The fourth-order valence-corrected chi connectivity index (χ4v) is 2.06. The van der Waals surface area contributed by atoms with E-state index in [1.165, 1.54) is 6.33 Å². The zero-order valence-electron chi connectivity index (χ0n) is 12.2. The number of nitrogens with zero attached hydrogens (tertiary/aromatic N) is 4. The number of aromatic nitrogens is 2. The summed E-state index contributed by atoms with van der Waals surface area (Å²) in [6.45, 7) is 4.88. The van der Waals surface area contributed by atoms with E-state index >= 15 is 0 Å². The fraction of sp³-hybridized carbons (Fsp3) is 0.615. The Morgan fingerprint density at radius 3 is 2.75 bits per heavy atom. The van der Waals surface area contributed by atoms with Gasteiger partial charge in [0.1, 0.15) is 24.0 Å². The number of amides is 1. The fourth-order valence-electron chi connectivity index (χ4n) is 2.06. The Labute approximate surface area is 118 Å². The van der Waals surface area contributed by atoms with Crippen molar-refractivity contribution in [1.82, 2.24) is 14.9 Å². The average molecular weight is 279 g/mol. The number of rotatable bonds is 4. The van der Waals surface area contributed by atoms with Gasteiger partial charge < -0.3 is 19.9 Å². The quantitative estimate of drug-likeness (QED) is 0.849. The summed E-state index contributed by atoms with van der Waals surface area (Å²) in [7, 11) is 3.47. The van der Waals surface area contributed by atoms with Crippen molar-refractivity contribution in [2.75, 3.05) is 50.6 Å². The largest absolute Gasteiger partial charge is 0.378 e. The Morgan fingerprint density at radius 2 is 2.10 bits per heavy atom. The summed E-state index contributed by atoms with van der Waals surface area (Å²) in [6.07, 6.45) is 1.51. The molecule has 7 nitrogen and oxygen atoms in total. The number of ether oxygens (including phenoxy) is 1. The lowest BCUT2D eigenvalue weighted by atomic mass is 10.3. The van der Waals surface area contributed by atoms with Gasteiger partial charge in [-0.3, -0.25) is 4.79 Å². The molecular formula is C13H21N5O2. The number of nitrogens with one attached hydrogen (secondary N) is 1. The van der Waals surface area contributed by atoms with Gasteiger partial charge in [0.25, 0.3) is 0 Å². The highest BCUT2D eigenvalue weighted by Gasteiger charge is 2.17. The molecule has 1 aromatic rings. The molecule has 2 rings (SSSR count). The van der Waals surface area contributed by atoms with E-state index in [-0.39, 0.29) is 11.9 Å². The molecule has 1 amide bonds. The van der Waals surface area contributed by atoms with E-state index < -0.39 is 0 Å². The van der Waals surface area contributed by atoms with Crippen molar-refractivity contribution in [3.63, 3.8) is 0 Å². The van der Waals surface area contributed by atoms with Crippen LogP contribution >= 0.6 is 0 Å². The van der Waals surface area contributed by atoms with E-state index in [4.69, 9.17) is 4.74 Å². The van der Waals surface area contributed by atoms with Crippen molar-refractivity contribution in [2.45, 2.75) is 13.0 Å². The van der Waals surface area contributed by atoms with Crippen LogP contribution in [0, 0.1) is 0 Å². The molecule has 1 atom stereocenters. The van der Waals surface area contributed by atoms with Crippen molar-refractivity contribution >= 4 is 17.5 Å². The minimum Gasteiger partial charge on any atom is -0.378 e. The summed E-state index contributed by atoms with van der Waals surface area (Å²) < 4.78 is 5.32. The number of carbonyl (C=O) groups excluding carboxylic acids is 1. The van der Waals surface area contributed by atoms with E-state index in [2.05, 4.69) is 20.2 Å². The number of anilines is 2. The van der Waals surface area contributed by atoms with Crippen LogP contribution in [0.1, 0.15) is 6.92 Å². The van der Waals surface area contributed by atoms with Crippen LogP contribution in [0.15, 0.2) is 12.4 Å². The Morgan fingerprint density at radius 1 is 1.40 bits per heavy atom. The lowest BCUT2D eigenvalue weighted by Gasteiger charge is -2.28. The van der Waals surface area contributed by atoms with Crippen LogP contribution in [0.3, 0.4) is 0 Å². The molecule has 0 bridgehead atoms. The smallest absolute Gasteiger partial charge is 0.244 e. The molecule has 0 unspecified atom stereocenters. The molecule has 2 heterocycles. The van der Waals surface area contributed by atoms with Crippen molar-refractivity contribution in [1.29, 1.82) is 0 Å². The number of hydrogen-bond acceptors (Lipinski definition) is 6. The van der Waals surface area contributed by atoms with Crippen molar-refractivity contribution in [2.24, 2.45) is 0 Å². The summed E-state index contributed by atoms with van der Waals surface area (Å²) >= 11 is 0. The first-order valence-electron chi connectivity index (χ1n) is 6.70. The summed E-state index contributed by atoms with van der Waals surface area (Å²) in [5.74, 6) is 1.52. The van der Waals surface area contributed by atoms with Gasteiger partial charge in [0, 0.05) is 33.3 Å². The van der Waals surface area contributed by atoms with Crippen LogP contribution in [-0.2, 0) is 9.53 Å². The van der Waals surface area contributed by atoms with E-state index in [0.29, 0.717) is 19.0 Å². The first-order chi connectivity index (χ1) is 9.58. The maximum atomic E-state index is 11.8. The summed E-state index contributed by atoms with van der Waals surface area (Å²) in [4.78, 5) is 24.0. The summed E-state index contributed by atoms with van der Waals surface area (Å²) in [5.41, 5.74) is 0. The van der Waals surface area contributed by atoms with E-state index in [1.54, 1.807) is 19.0 Å². The second kappa shape index (κ2) is 6.51. The minimum atomic E-state index is -0.322. The molecule has 0 spiro atoms. The van der Waals surface area contributed by atoms with Gasteiger partial charge in [-0.2, -0.15) is 0 Å². The highest BCUT2D eigenvalue weighted by molar-refractivity contribution is 5.83. The monoisotopic (exact) mass is 279 g/mol. The summed E-state index contributed by atoms with van der Waals surface area (Å²) in [5, 5.41) is 3.10. The maximum absolute atomic E-state index is 11.8. The Hall–Kier alpha value is -1.89. The number of hydrogen-bond donors (Lipinski definition) is 1. The molecule has 1 aromatic heterocycles. The third-order valence-corrected chi connectivity index (χ3v) is 3.16.